The van der Waals surface area contributed by atoms with Crippen LogP contribution in [0.3, 0.4) is 0 Å². The molecule has 2 heterocycles. The number of amides is 1. The minimum absolute atomic E-state index is 0.116. The molecule has 0 aliphatic carbocycles. The number of hydrogen-bond acceptors (Lipinski definition) is 7. The van der Waals surface area contributed by atoms with Crippen molar-refractivity contribution in [1.82, 2.24) is 4.90 Å². The van der Waals surface area contributed by atoms with Crippen molar-refractivity contribution < 1.29 is 28.5 Å². The maximum Gasteiger partial charge on any atom is 0.344 e. The molecule has 0 spiro atoms. The number of ether oxygens (including phenoxy) is 3. The third-order valence-electron chi connectivity index (χ3n) is 5.58. The Kier molecular flexibility index (Phi) is 6.32. The van der Waals surface area contributed by atoms with Gasteiger partial charge in [-0.1, -0.05) is 6.07 Å². The highest BCUT2D eigenvalue weighted by atomic mass is 16.5. The number of methoxy groups -OCH3 is 2. The van der Waals surface area contributed by atoms with E-state index in [-0.39, 0.29) is 18.6 Å². The molecule has 0 bridgehead atoms. The number of nitrogens with zero attached hydrogens (tertiary/aromatic N) is 1. The Balaban J connectivity index is 1.52. The lowest BCUT2D eigenvalue weighted by atomic mass is 10.1. The summed E-state index contributed by atoms with van der Waals surface area (Å²) >= 11 is 0. The number of rotatable bonds is 6. The van der Waals surface area contributed by atoms with E-state index in [0.717, 1.165) is 5.39 Å². The second-order valence-corrected chi connectivity index (χ2v) is 7.62. The average Bonchev–Trinajstić information content (AvgIpc) is 2.82. The molecule has 0 atom stereocenters. The second kappa shape index (κ2) is 9.32. The Morgan fingerprint density at radius 2 is 1.81 bits per heavy atom. The van der Waals surface area contributed by atoms with E-state index in [1.165, 1.54) is 7.11 Å². The highest BCUT2D eigenvalue weighted by molar-refractivity contribution is 5.83. The van der Waals surface area contributed by atoms with Crippen LogP contribution in [0, 0.1) is 0 Å². The quantitative estimate of drug-likeness (QED) is 0.590. The molecule has 2 aromatic carbocycles. The van der Waals surface area contributed by atoms with E-state index in [9.17, 15) is 14.7 Å². The van der Waals surface area contributed by atoms with Gasteiger partial charge in [0.2, 0.25) is 0 Å². The summed E-state index contributed by atoms with van der Waals surface area (Å²) in [7, 11) is 3.08. The number of hydrogen-bond donors (Lipinski definition) is 1. The number of aliphatic hydroxyl groups is 1. The number of aliphatic hydroxyl groups excluding tert-OH is 1. The SMILES string of the molecule is COc1ccc(-c2cc3ccc(OCC(=O)N4CCC(O)CC4)cc3oc2=O)cc1OC. The molecular formula is C24H25NO7. The summed E-state index contributed by atoms with van der Waals surface area (Å²) in [4.78, 5) is 26.6. The number of likely N-dealkylation sites (tertiary alicyclic amines) is 1. The van der Waals surface area contributed by atoms with Gasteiger partial charge in [-0.2, -0.15) is 0 Å². The van der Waals surface area contributed by atoms with Crippen LogP contribution in [0.2, 0.25) is 0 Å². The average molecular weight is 439 g/mol. The molecule has 32 heavy (non-hydrogen) atoms. The predicted molar refractivity (Wildman–Crippen MR) is 118 cm³/mol. The van der Waals surface area contributed by atoms with Gasteiger partial charge < -0.3 is 28.6 Å². The van der Waals surface area contributed by atoms with Crippen LogP contribution >= 0.6 is 0 Å². The van der Waals surface area contributed by atoms with Gasteiger partial charge in [0.05, 0.1) is 25.9 Å². The standard InChI is InChI=1S/C24H25NO7/c1-29-20-6-4-15(12-22(20)30-2)19-11-16-3-5-18(13-21(16)32-24(19)28)31-14-23(27)25-9-7-17(26)8-10-25/h3-6,11-13,17,26H,7-10,14H2,1-2H3. The minimum Gasteiger partial charge on any atom is -0.493 e. The zero-order valence-electron chi connectivity index (χ0n) is 18.0. The molecule has 1 aliphatic heterocycles. The smallest absolute Gasteiger partial charge is 0.344 e. The van der Waals surface area contributed by atoms with Crippen LogP contribution in [0.1, 0.15) is 12.8 Å². The van der Waals surface area contributed by atoms with Crippen LogP contribution in [0.15, 0.2) is 51.7 Å². The highest BCUT2D eigenvalue weighted by Crippen LogP contribution is 2.32. The third kappa shape index (κ3) is 4.55. The van der Waals surface area contributed by atoms with Crippen molar-refractivity contribution in [3.63, 3.8) is 0 Å². The number of fused-ring (bicyclic) bond motifs is 1. The van der Waals surface area contributed by atoms with Gasteiger partial charge in [0, 0.05) is 24.5 Å². The van der Waals surface area contributed by atoms with Gasteiger partial charge in [-0.3, -0.25) is 4.79 Å². The number of carbonyl (C=O) groups excluding carboxylic acids is 1. The van der Waals surface area contributed by atoms with E-state index < -0.39 is 5.63 Å². The third-order valence-corrected chi connectivity index (χ3v) is 5.58. The van der Waals surface area contributed by atoms with Crippen LogP contribution in [-0.4, -0.2) is 55.9 Å². The van der Waals surface area contributed by atoms with E-state index in [4.69, 9.17) is 18.6 Å². The maximum absolute atomic E-state index is 12.6. The van der Waals surface area contributed by atoms with Crippen LogP contribution < -0.4 is 19.8 Å². The number of benzene rings is 2. The molecule has 1 N–H and O–H groups in total. The minimum atomic E-state index is -0.496. The van der Waals surface area contributed by atoms with E-state index in [1.807, 2.05) is 0 Å². The van der Waals surface area contributed by atoms with Gasteiger partial charge in [0.15, 0.2) is 18.1 Å². The summed E-state index contributed by atoms with van der Waals surface area (Å²) < 4.78 is 21.7. The fraction of sp³-hybridized carbons (Fsp3) is 0.333. The molecule has 1 aromatic heterocycles. The van der Waals surface area contributed by atoms with Gasteiger partial charge >= 0.3 is 5.63 Å². The monoisotopic (exact) mass is 439 g/mol. The zero-order chi connectivity index (χ0) is 22.7. The van der Waals surface area contributed by atoms with Gasteiger partial charge in [0.25, 0.3) is 5.91 Å². The zero-order valence-corrected chi connectivity index (χ0v) is 18.0. The summed E-state index contributed by atoms with van der Waals surface area (Å²) in [5, 5.41) is 10.3. The van der Waals surface area contributed by atoms with E-state index >= 15 is 0 Å². The molecule has 168 valence electrons. The van der Waals surface area contributed by atoms with Crippen molar-refractivity contribution >= 4 is 16.9 Å². The molecule has 1 saturated heterocycles. The summed E-state index contributed by atoms with van der Waals surface area (Å²) in [5.41, 5.74) is 0.917. The Hall–Kier alpha value is -3.52. The Morgan fingerprint density at radius 1 is 1.06 bits per heavy atom. The van der Waals surface area contributed by atoms with Gasteiger partial charge in [-0.25, -0.2) is 4.79 Å². The fourth-order valence-electron chi connectivity index (χ4n) is 3.74. The number of piperidine rings is 1. The second-order valence-electron chi connectivity index (χ2n) is 7.62. The van der Waals surface area contributed by atoms with Gasteiger partial charge in [-0.05, 0) is 48.7 Å². The molecule has 1 aliphatic rings. The lowest BCUT2D eigenvalue weighted by molar-refractivity contribution is -0.135. The Bertz CT molecular complexity index is 1180. The molecule has 8 nitrogen and oxygen atoms in total. The van der Waals surface area contributed by atoms with Crippen molar-refractivity contribution in [2.24, 2.45) is 0 Å². The van der Waals surface area contributed by atoms with Crippen molar-refractivity contribution in [2.75, 3.05) is 33.9 Å². The maximum atomic E-state index is 12.6. The first-order valence-corrected chi connectivity index (χ1v) is 10.4. The first-order chi connectivity index (χ1) is 15.5. The van der Waals surface area contributed by atoms with Gasteiger partial charge in [0.1, 0.15) is 11.3 Å². The topological polar surface area (TPSA) is 98.4 Å². The van der Waals surface area contributed by atoms with Crippen molar-refractivity contribution in [2.45, 2.75) is 18.9 Å². The first kappa shape index (κ1) is 21.7. The van der Waals surface area contributed by atoms with Crippen LogP contribution in [0.4, 0.5) is 0 Å². The fourth-order valence-corrected chi connectivity index (χ4v) is 3.74. The molecule has 0 saturated carbocycles. The largest absolute Gasteiger partial charge is 0.493 e. The Morgan fingerprint density at radius 3 is 2.53 bits per heavy atom. The van der Waals surface area contributed by atoms with Gasteiger partial charge in [-0.15, -0.1) is 0 Å². The van der Waals surface area contributed by atoms with Crippen molar-refractivity contribution in [3.8, 4) is 28.4 Å². The summed E-state index contributed by atoms with van der Waals surface area (Å²) in [6.07, 6.45) is 0.817. The van der Waals surface area contributed by atoms with Crippen LogP contribution in [0.5, 0.6) is 17.2 Å². The molecule has 1 fully saturated rings. The lowest BCUT2D eigenvalue weighted by Crippen LogP contribution is -2.42. The molecule has 3 aromatic rings. The Labute approximate surface area is 184 Å². The molecular weight excluding hydrogens is 414 g/mol. The van der Waals surface area contributed by atoms with E-state index in [1.54, 1.807) is 54.5 Å². The van der Waals surface area contributed by atoms with E-state index in [0.29, 0.717) is 59.9 Å². The van der Waals surface area contributed by atoms with Crippen molar-refractivity contribution in [1.29, 1.82) is 0 Å². The molecule has 0 radical (unpaired) electrons. The molecule has 4 rings (SSSR count). The summed E-state index contributed by atoms with van der Waals surface area (Å²) in [6.45, 7) is 0.930. The first-order valence-electron chi connectivity index (χ1n) is 10.4. The molecule has 0 unspecified atom stereocenters. The van der Waals surface area contributed by atoms with Crippen molar-refractivity contribution in [3.05, 3.63) is 52.9 Å². The molecule has 1 amide bonds. The van der Waals surface area contributed by atoms with E-state index in [2.05, 4.69) is 0 Å². The summed E-state index contributed by atoms with van der Waals surface area (Å²) in [5.74, 6) is 1.38. The number of carbonyl (C=O) groups is 1. The lowest BCUT2D eigenvalue weighted by Gasteiger charge is -2.29. The normalized spacial score (nSPS) is 14.4. The summed E-state index contributed by atoms with van der Waals surface area (Å²) in [6, 6.07) is 12.1. The van der Waals surface area contributed by atoms with Crippen LogP contribution in [0.25, 0.3) is 22.1 Å². The highest BCUT2D eigenvalue weighted by Gasteiger charge is 2.21. The molecule has 8 heteroatoms. The van der Waals surface area contributed by atoms with Crippen LogP contribution in [-0.2, 0) is 4.79 Å². The predicted octanol–water partition coefficient (Wildman–Crippen LogP) is 2.84.